The number of aliphatic imine (C=N–C) groups is 1. The van der Waals surface area contributed by atoms with Gasteiger partial charge in [0.15, 0.2) is 6.23 Å². The summed E-state index contributed by atoms with van der Waals surface area (Å²) < 4.78 is 6.23. The molecular weight excluding hydrogens is 356 g/mol. The Morgan fingerprint density at radius 1 is 1.10 bits per heavy atom. The Labute approximate surface area is 178 Å². The van der Waals surface area contributed by atoms with Gasteiger partial charge < -0.3 is 9.64 Å². The summed E-state index contributed by atoms with van der Waals surface area (Å²) in [6.07, 6.45) is 9.50. The van der Waals surface area contributed by atoms with Gasteiger partial charge in [-0.15, -0.1) is 0 Å². The smallest absolute Gasteiger partial charge is 0.152 e. The molecule has 0 amide bonds. The van der Waals surface area contributed by atoms with E-state index >= 15 is 0 Å². The quantitative estimate of drug-likeness (QED) is 0.320. The highest BCUT2D eigenvalue weighted by Crippen LogP contribution is 2.36. The molecule has 2 atom stereocenters. The number of hydrogen-bond acceptors (Lipinski definition) is 2. The first-order chi connectivity index (χ1) is 13.7. The first kappa shape index (κ1) is 22.1. The summed E-state index contributed by atoms with van der Waals surface area (Å²) in [4.78, 5) is 7.42. The van der Waals surface area contributed by atoms with Gasteiger partial charge in [0, 0.05) is 12.5 Å². The Morgan fingerprint density at radius 2 is 1.79 bits per heavy atom. The Kier molecular flexibility index (Phi) is 7.21. The number of benzene rings is 1. The van der Waals surface area contributed by atoms with Gasteiger partial charge in [0.25, 0.3) is 0 Å². The fourth-order valence-corrected chi connectivity index (χ4v) is 4.48. The lowest BCUT2D eigenvalue weighted by Crippen LogP contribution is -2.43. The number of ether oxygens (including phenoxy) is 1. The molecule has 3 rings (SSSR count). The molecule has 160 valence electrons. The van der Waals surface area contributed by atoms with E-state index in [9.17, 15) is 0 Å². The molecule has 3 heteroatoms. The second kappa shape index (κ2) is 9.47. The summed E-state index contributed by atoms with van der Waals surface area (Å²) in [5, 5.41) is 0. The van der Waals surface area contributed by atoms with Crippen molar-refractivity contribution >= 4 is 6.34 Å². The largest absolute Gasteiger partial charge is 0.355 e. The van der Waals surface area contributed by atoms with E-state index in [1.54, 1.807) is 11.1 Å². The number of nitrogens with zero attached hydrogens (tertiary/aromatic N) is 2. The van der Waals surface area contributed by atoms with Crippen LogP contribution in [-0.2, 0) is 11.2 Å². The molecule has 29 heavy (non-hydrogen) atoms. The van der Waals surface area contributed by atoms with Crippen molar-refractivity contribution in [3.05, 3.63) is 46.5 Å². The minimum absolute atomic E-state index is 0.100. The van der Waals surface area contributed by atoms with Crippen LogP contribution in [0.2, 0.25) is 0 Å². The molecule has 0 fully saturated rings. The van der Waals surface area contributed by atoms with E-state index in [2.05, 4.69) is 77.0 Å². The van der Waals surface area contributed by atoms with Crippen molar-refractivity contribution in [1.82, 2.24) is 4.90 Å². The molecule has 1 aliphatic heterocycles. The van der Waals surface area contributed by atoms with Crippen LogP contribution in [0.25, 0.3) is 0 Å². The van der Waals surface area contributed by atoms with Crippen LogP contribution in [0.1, 0.15) is 77.8 Å². The lowest BCUT2D eigenvalue weighted by atomic mass is 9.80. The van der Waals surface area contributed by atoms with Crippen molar-refractivity contribution < 1.29 is 4.74 Å². The topological polar surface area (TPSA) is 24.8 Å². The zero-order valence-corrected chi connectivity index (χ0v) is 19.4. The summed E-state index contributed by atoms with van der Waals surface area (Å²) in [5.74, 6) is 0.357. The van der Waals surface area contributed by atoms with Crippen molar-refractivity contribution in [2.24, 2.45) is 10.9 Å². The second-order valence-corrected chi connectivity index (χ2v) is 10.2. The first-order valence-corrected chi connectivity index (χ1v) is 11.5. The van der Waals surface area contributed by atoms with Crippen molar-refractivity contribution in [2.45, 2.75) is 97.9 Å². The number of rotatable bonds is 6. The van der Waals surface area contributed by atoms with Gasteiger partial charge in [-0.25, -0.2) is 4.99 Å². The van der Waals surface area contributed by atoms with Gasteiger partial charge in [0.2, 0.25) is 0 Å². The van der Waals surface area contributed by atoms with Crippen molar-refractivity contribution in [2.75, 3.05) is 6.54 Å². The highest BCUT2D eigenvalue weighted by molar-refractivity contribution is 5.58. The van der Waals surface area contributed by atoms with E-state index in [4.69, 9.17) is 9.73 Å². The van der Waals surface area contributed by atoms with Crippen LogP contribution in [0.4, 0.5) is 0 Å². The maximum atomic E-state index is 6.23. The van der Waals surface area contributed by atoms with E-state index < -0.39 is 0 Å². The summed E-state index contributed by atoms with van der Waals surface area (Å²) in [6, 6.07) is 9.49. The third-order valence-electron chi connectivity index (χ3n) is 6.06. The Bertz CT molecular complexity index is 724. The number of hydrogen-bond donors (Lipinski definition) is 0. The Morgan fingerprint density at radius 3 is 2.45 bits per heavy atom. The summed E-state index contributed by atoms with van der Waals surface area (Å²) in [7, 11) is 0. The van der Waals surface area contributed by atoms with Gasteiger partial charge in [-0.2, -0.15) is 0 Å². The van der Waals surface area contributed by atoms with Crippen LogP contribution in [0, 0.1) is 12.8 Å². The zero-order valence-electron chi connectivity index (χ0n) is 19.4. The van der Waals surface area contributed by atoms with E-state index in [0.29, 0.717) is 12.0 Å². The fourth-order valence-electron chi connectivity index (χ4n) is 4.48. The highest BCUT2D eigenvalue weighted by atomic mass is 16.5. The fraction of sp³-hybridized carbons (Fsp3) is 0.654. The van der Waals surface area contributed by atoms with Crippen molar-refractivity contribution in [3.8, 4) is 0 Å². The summed E-state index contributed by atoms with van der Waals surface area (Å²) in [6.45, 7) is 13.9. The van der Waals surface area contributed by atoms with Crippen LogP contribution in [0.15, 0.2) is 40.4 Å². The average Bonchev–Trinajstić information content (AvgIpc) is 2.67. The maximum Gasteiger partial charge on any atom is 0.152 e. The van der Waals surface area contributed by atoms with E-state index in [0.717, 1.165) is 13.0 Å². The Balaban J connectivity index is 1.83. The summed E-state index contributed by atoms with van der Waals surface area (Å²) >= 11 is 0. The SMILES string of the molecule is Cc1ccc(C[C@H]2C3=C(CCCC3)CCN2/C=N/[C@H](OC(C)(C)C)C(C)C)cc1. The van der Waals surface area contributed by atoms with E-state index in [1.165, 1.54) is 43.2 Å². The van der Waals surface area contributed by atoms with Crippen LogP contribution in [-0.4, -0.2) is 35.7 Å². The molecular formula is C26H40N2O. The molecule has 0 aromatic heterocycles. The molecule has 2 aliphatic rings. The van der Waals surface area contributed by atoms with Crippen molar-refractivity contribution in [3.63, 3.8) is 0 Å². The van der Waals surface area contributed by atoms with Gasteiger partial charge in [0.05, 0.1) is 18.0 Å². The monoisotopic (exact) mass is 396 g/mol. The van der Waals surface area contributed by atoms with Crippen molar-refractivity contribution in [1.29, 1.82) is 0 Å². The molecule has 0 spiro atoms. The standard InChI is InChI=1S/C26H40N2O/c1-19(2)25(29-26(4,5)6)27-18-28-16-15-22-9-7-8-10-23(22)24(28)17-21-13-11-20(3)12-14-21/h11-14,18-19,24-25H,7-10,15-17H2,1-6H3/b27-18+/t24-,25+/m0/s1. The minimum Gasteiger partial charge on any atom is -0.355 e. The molecule has 1 aromatic rings. The molecule has 1 aliphatic carbocycles. The predicted molar refractivity (Wildman–Crippen MR) is 123 cm³/mol. The first-order valence-electron chi connectivity index (χ1n) is 11.5. The molecule has 0 N–H and O–H groups in total. The third kappa shape index (κ3) is 6.18. The van der Waals surface area contributed by atoms with Crippen LogP contribution < -0.4 is 0 Å². The number of aryl methyl sites for hydroxylation is 1. The van der Waals surface area contributed by atoms with Crippen LogP contribution in [0.5, 0.6) is 0 Å². The van der Waals surface area contributed by atoms with Crippen LogP contribution >= 0.6 is 0 Å². The Hall–Kier alpha value is -1.61. The predicted octanol–water partition coefficient (Wildman–Crippen LogP) is 6.31. The molecule has 0 unspecified atom stereocenters. The van der Waals surface area contributed by atoms with Gasteiger partial charge >= 0.3 is 0 Å². The molecule has 0 bridgehead atoms. The van der Waals surface area contributed by atoms with E-state index in [1.807, 2.05) is 0 Å². The second-order valence-electron chi connectivity index (χ2n) is 10.2. The maximum absolute atomic E-state index is 6.23. The van der Waals surface area contributed by atoms with Gasteiger partial charge in [0.1, 0.15) is 0 Å². The van der Waals surface area contributed by atoms with Gasteiger partial charge in [-0.1, -0.05) is 49.2 Å². The lowest BCUT2D eigenvalue weighted by Gasteiger charge is -2.40. The minimum atomic E-state index is -0.186. The van der Waals surface area contributed by atoms with Crippen LogP contribution in [0.3, 0.4) is 0 Å². The van der Waals surface area contributed by atoms with Gasteiger partial charge in [-0.3, -0.25) is 0 Å². The van der Waals surface area contributed by atoms with E-state index in [-0.39, 0.29) is 11.8 Å². The molecule has 1 aromatic carbocycles. The zero-order chi connectivity index (χ0) is 21.0. The highest BCUT2D eigenvalue weighted by Gasteiger charge is 2.30. The summed E-state index contributed by atoms with van der Waals surface area (Å²) in [5.41, 5.74) is 5.98. The molecule has 3 nitrogen and oxygen atoms in total. The lowest BCUT2D eigenvalue weighted by molar-refractivity contribution is -0.0746. The molecule has 1 heterocycles. The third-order valence-corrected chi connectivity index (χ3v) is 6.06. The average molecular weight is 397 g/mol. The molecule has 0 saturated heterocycles. The van der Waals surface area contributed by atoms with Gasteiger partial charge in [-0.05, 0) is 77.4 Å². The molecule has 0 radical (unpaired) electrons. The normalized spacial score (nSPS) is 21.8. The molecule has 0 saturated carbocycles.